The third kappa shape index (κ3) is 2.98. The highest BCUT2D eigenvalue weighted by atomic mass is 16.6. The fraction of sp³-hybridized carbons (Fsp3) is 0.250. The van der Waals surface area contributed by atoms with Crippen molar-refractivity contribution in [3.63, 3.8) is 0 Å². The molecular formula is C16H17N5O2. The number of hydrogen-bond acceptors (Lipinski definition) is 5. The van der Waals surface area contributed by atoms with Crippen molar-refractivity contribution in [1.82, 2.24) is 25.4 Å². The number of nitrogens with one attached hydrogen (secondary N) is 1. The Kier molecular flexibility index (Phi) is 3.92. The van der Waals surface area contributed by atoms with E-state index in [4.69, 9.17) is 0 Å². The van der Waals surface area contributed by atoms with Crippen molar-refractivity contribution in [3.8, 4) is 11.3 Å². The largest absolute Gasteiger partial charge is 0.335 e. The summed E-state index contributed by atoms with van der Waals surface area (Å²) < 4.78 is 4.67. The van der Waals surface area contributed by atoms with E-state index in [1.807, 2.05) is 31.2 Å². The summed E-state index contributed by atoms with van der Waals surface area (Å²) in [6.45, 7) is 4.13. The van der Waals surface area contributed by atoms with Crippen molar-refractivity contribution in [3.05, 3.63) is 53.0 Å². The van der Waals surface area contributed by atoms with Crippen LogP contribution in [0.3, 0.4) is 0 Å². The van der Waals surface area contributed by atoms with Crippen LogP contribution < -0.4 is 0 Å². The minimum absolute atomic E-state index is 0.141. The van der Waals surface area contributed by atoms with Gasteiger partial charge in [0.1, 0.15) is 11.4 Å². The quantitative estimate of drug-likeness (QED) is 0.799. The van der Waals surface area contributed by atoms with Crippen molar-refractivity contribution < 1.29 is 9.42 Å². The Balaban J connectivity index is 1.86. The van der Waals surface area contributed by atoms with E-state index in [0.717, 1.165) is 11.1 Å². The van der Waals surface area contributed by atoms with E-state index in [0.29, 0.717) is 29.2 Å². The van der Waals surface area contributed by atoms with Crippen LogP contribution in [0.4, 0.5) is 0 Å². The molecule has 2 aromatic heterocycles. The number of rotatable bonds is 4. The molecule has 118 valence electrons. The highest BCUT2D eigenvalue weighted by molar-refractivity contribution is 5.99. The van der Waals surface area contributed by atoms with Crippen LogP contribution >= 0.6 is 0 Å². The Morgan fingerprint density at radius 3 is 2.83 bits per heavy atom. The lowest BCUT2D eigenvalue weighted by molar-refractivity contribution is 0.0782. The third-order valence-electron chi connectivity index (χ3n) is 3.66. The molecular weight excluding hydrogens is 294 g/mol. The Morgan fingerprint density at radius 2 is 2.13 bits per heavy atom. The lowest BCUT2D eigenvalue weighted by atomic mass is 10.1. The minimum Gasteiger partial charge on any atom is -0.335 e. The van der Waals surface area contributed by atoms with Crippen molar-refractivity contribution in [2.45, 2.75) is 20.4 Å². The molecule has 3 rings (SSSR count). The fourth-order valence-electron chi connectivity index (χ4n) is 2.36. The molecule has 0 radical (unpaired) electrons. The second-order valence-corrected chi connectivity index (χ2v) is 5.49. The van der Waals surface area contributed by atoms with E-state index < -0.39 is 0 Å². The van der Waals surface area contributed by atoms with E-state index >= 15 is 0 Å². The number of hydrogen-bond donors (Lipinski definition) is 1. The first-order valence-corrected chi connectivity index (χ1v) is 7.20. The van der Waals surface area contributed by atoms with Gasteiger partial charge in [-0.25, -0.2) is 4.63 Å². The molecule has 0 fully saturated rings. The summed E-state index contributed by atoms with van der Waals surface area (Å²) in [6.07, 6.45) is 1.55. The van der Waals surface area contributed by atoms with Crippen LogP contribution in [0.25, 0.3) is 11.3 Å². The molecule has 7 heteroatoms. The number of carbonyl (C=O) groups excluding carboxylic acids is 1. The van der Waals surface area contributed by atoms with Crippen LogP contribution in [0, 0.1) is 13.8 Å². The van der Waals surface area contributed by atoms with Crippen LogP contribution in [0.5, 0.6) is 0 Å². The molecule has 1 N–H and O–H groups in total. The summed E-state index contributed by atoms with van der Waals surface area (Å²) in [5.74, 6) is -0.141. The van der Waals surface area contributed by atoms with Gasteiger partial charge in [-0.1, -0.05) is 34.1 Å². The normalized spacial score (nSPS) is 10.7. The van der Waals surface area contributed by atoms with Gasteiger partial charge in [-0.2, -0.15) is 5.10 Å². The molecule has 0 aliphatic rings. The van der Waals surface area contributed by atoms with Crippen molar-refractivity contribution in [2.75, 3.05) is 7.05 Å². The van der Waals surface area contributed by atoms with E-state index in [1.54, 1.807) is 25.1 Å². The first kappa shape index (κ1) is 15.0. The number of aryl methyl sites for hydroxylation is 2. The van der Waals surface area contributed by atoms with Gasteiger partial charge in [0, 0.05) is 12.6 Å². The minimum atomic E-state index is -0.141. The smallest absolute Gasteiger partial charge is 0.257 e. The van der Waals surface area contributed by atoms with Crippen LogP contribution in [-0.2, 0) is 6.54 Å². The highest BCUT2D eigenvalue weighted by Gasteiger charge is 2.20. The topological polar surface area (TPSA) is 87.9 Å². The maximum absolute atomic E-state index is 12.7. The first-order valence-electron chi connectivity index (χ1n) is 7.20. The molecule has 0 saturated heterocycles. The van der Waals surface area contributed by atoms with E-state index in [2.05, 4.69) is 25.1 Å². The predicted molar refractivity (Wildman–Crippen MR) is 83.6 cm³/mol. The van der Waals surface area contributed by atoms with Gasteiger partial charge in [0.15, 0.2) is 0 Å². The molecule has 0 aliphatic carbocycles. The van der Waals surface area contributed by atoms with Gasteiger partial charge < -0.3 is 4.90 Å². The molecule has 2 heterocycles. The zero-order chi connectivity index (χ0) is 16.4. The average molecular weight is 311 g/mol. The lowest BCUT2D eigenvalue weighted by Crippen LogP contribution is -2.26. The van der Waals surface area contributed by atoms with Gasteiger partial charge in [0.2, 0.25) is 0 Å². The van der Waals surface area contributed by atoms with Gasteiger partial charge >= 0.3 is 0 Å². The fourth-order valence-corrected chi connectivity index (χ4v) is 2.36. The maximum Gasteiger partial charge on any atom is 0.257 e. The van der Waals surface area contributed by atoms with Gasteiger partial charge in [0.05, 0.1) is 24.0 Å². The summed E-state index contributed by atoms with van der Waals surface area (Å²) >= 11 is 0. The van der Waals surface area contributed by atoms with Crippen LogP contribution in [0.1, 0.15) is 27.3 Å². The van der Waals surface area contributed by atoms with Crippen LogP contribution in [-0.4, -0.2) is 38.4 Å². The predicted octanol–water partition coefficient (Wildman–Crippen LogP) is 2.35. The summed E-state index contributed by atoms with van der Waals surface area (Å²) in [7, 11) is 1.71. The Labute approximate surface area is 133 Å². The molecule has 0 atom stereocenters. The number of amides is 1. The van der Waals surface area contributed by atoms with E-state index in [-0.39, 0.29) is 5.91 Å². The molecule has 0 bridgehead atoms. The summed E-state index contributed by atoms with van der Waals surface area (Å²) in [5.41, 5.74) is 4.59. The van der Waals surface area contributed by atoms with Gasteiger partial charge in [-0.3, -0.25) is 9.89 Å². The molecule has 23 heavy (non-hydrogen) atoms. The van der Waals surface area contributed by atoms with Crippen molar-refractivity contribution in [2.24, 2.45) is 0 Å². The average Bonchev–Trinajstić information content (AvgIpc) is 3.16. The number of H-pyrrole nitrogens is 1. The zero-order valence-electron chi connectivity index (χ0n) is 13.2. The lowest BCUT2D eigenvalue weighted by Gasteiger charge is -2.15. The number of nitrogens with zero attached hydrogens (tertiary/aromatic N) is 4. The Hall–Kier alpha value is -2.96. The van der Waals surface area contributed by atoms with Crippen molar-refractivity contribution >= 4 is 5.91 Å². The Morgan fingerprint density at radius 1 is 1.30 bits per heavy atom. The van der Waals surface area contributed by atoms with Gasteiger partial charge in [-0.15, -0.1) is 0 Å². The molecule has 1 amide bonds. The monoisotopic (exact) mass is 311 g/mol. The first-order chi connectivity index (χ1) is 11.1. The molecule has 0 spiro atoms. The molecule has 1 aromatic carbocycles. The number of benzene rings is 1. The van der Waals surface area contributed by atoms with Crippen LogP contribution in [0.15, 0.2) is 35.1 Å². The molecule has 7 nitrogen and oxygen atoms in total. The Bertz CT molecular complexity index is 836. The second kappa shape index (κ2) is 6.04. The number of aromatic amines is 1. The van der Waals surface area contributed by atoms with Crippen molar-refractivity contribution in [1.29, 1.82) is 0 Å². The zero-order valence-corrected chi connectivity index (χ0v) is 13.2. The summed E-state index contributed by atoms with van der Waals surface area (Å²) in [5, 5.41) is 14.5. The summed E-state index contributed by atoms with van der Waals surface area (Å²) in [4.78, 5) is 14.3. The van der Waals surface area contributed by atoms with Crippen LogP contribution in [0.2, 0.25) is 0 Å². The molecule has 0 unspecified atom stereocenters. The molecule has 0 saturated carbocycles. The second-order valence-electron chi connectivity index (χ2n) is 5.49. The van der Waals surface area contributed by atoms with E-state index in [9.17, 15) is 4.79 Å². The highest BCUT2D eigenvalue weighted by Crippen LogP contribution is 2.23. The third-order valence-corrected chi connectivity index (χ3v) is 3.66. The maximum atomic E-state index is 12.7. The SMILES string of the molecule is Cc1cccc(-c2[nH]ncc2C(=O)N(C)Cc2nonc2C)c1. The standard InChI is InChI=1S/C16H17N5O2/c1-10-5-4-6-12(7-10)15-13(8-17-18-15)16(22)21(3)9-14-11(2)19-23-20-14/h4-8H,9H2,1-3H3,(H,17,18). The van der Waals surface area contributed by atoms with Gasteiger partial charge in [-0.05, 0) is 19.9 Å². The van der Waals surface area contributed by atoms with Gasteiger partial charge in [0.25, 0.3) is 5.91 Å². The number of carbonyl (C=O) groups is 1. The summed E-state index contributed by atoms with van der Waals surface area (Å²) in [6, 6.07) is 7.92. The van der Waals surface area contributed by atoms with E-state index in [1.165, 1.54) is 0 Å². The number of aromatic nitrogens is 4. The molecule has 0 aliphatic heterocycles. The molecule has 3 aromatic rings.